The third-order valence-electron chi connectivity index (χ3n) is 3.69. The van der Waals surface area contributed by atoms with Crippen molar-refractivity contribution in [2.45, 2.75) is 38.6 Å². The van der Waals surface area contributed by atoms with Crippen LogP contribution in [0.4, 0.5) is 0 Å². The molecule has 1 unspecified atom stereocenters. The molecule has 15 heavy (non-hydrogen) atoms. The van der Waals surface area contributed by atoms with E-state index in [1.807, 2.05) is 11.8 Å². The second-order valence-electron chi connectivity index (χ2n) is 5.06. The van der Waals surface area contributed by atoms with Gasteiger partial charge in [0.05, 0.1) is 0 Å². The fraction of sp³-hybridized carbons (Fsp3) is 1.00. The molecule has 0 heterocycles. The largest absolute Gasteiger partial charge is 0.302 e. The van der Waals surface area contributed by atoms with Gasteiger partial charge in [0.25, 0.3) is 0 Å². The summed E-state index contributed by atoms with van der Waals surface area (Å²) in [5.41, 5.74) is 0.571. The van der Waals surface area contributed by atoms with Crippen LogP contribution < -0.4 is 0 Å². The lowest BCUT2D eigenvalue weighted by Crippen LogP contribution is -2.40. The fourth-order valence-corrected chi connectivity index (χ4v) is 3.99. The number of thioether (sulfide) groups is 1. The minimum atomic E-state index is 0.571. The predicted octanol–water partition coefficient (Wildman–Crippen LogP) is 3.63. The van der Waals surface area contributed by atoms with E-state index in [4.69, 9.17) is 0 Å². The van der Waals surface area contributed by atoms with Gasteiger partial charge in [-0.2, -0.15) is 11.8 Å². The number of rotatable bonds is 6. The minimum Gasteiger partial charge on any atom is -0.302 e. The van der Waals surface area contributed by atoms with Crippen molar-refractivity contribution in [2.24, 2.45) is 5.41 Å². The van der Waals surface area contributed by atoms with Crippen molar-refractivity contribution in [2.75, 3.05) is 30.9 Å². The van der Waals surface area contributed by atoms with Gasteiger partial charge in [0.15, 0.2) is 0 Å². The quantitative estimate of drug-likeness (QED) is 0.688. The van der Waals surface area contributed by atoms with Crippen LogP contribution in [0.1, 0.15) is 32.6 Å². The van der Waals surface area contributed by atoms with Crippen molar-refractivity contribution in [3.63, 3.8) is 0 Å². The van der Waals surface area contributed by atoms with Gasteiger partial charge in [0.2, 0.25) is 0 Å². The van der Waals surface area contributed by atoms with Gasteiger partial charge < -0.3 is 4.90 Å². The molecule has 0 radical (unpaired) electrons. The molecular formula is C12H24BrNS. The Hall–Kier alpha value is 0.790. The summed E-state index contributed by atoms with van der Waals surface area (Å²) in [5, 5.41) is 1.18. The van der Waals surface area contributed by atoms with Gasteiger partial charge in [0.1, 0.15) is 0 Å². The molecule has 3 heteroatoms. The standard InChI is InChI=1S/C12H24BrNS/c1-11(8-15-3)14(2)10-12(9-13)6-4-5-7-12/h11H,4-10H2,1-3H3. The molecule has 1 fully saturated rings. The highest BCUT2D eigenvalue weighted by molar-refractivity contribution is 9.09. The lowest BCUT2D eigenvalue weighted by atomic mass is 9.88. The van der Waals surface area contributed by atoms with Crippen LogP contribution in [0, 0.1) is 5.41 Å². The molecule has 0 aromatic heterocycles. The Labute approximate surface area is 107 Å². The molecule has 0 spiro atoms. The Morgan fingerprint density at radius 1 is 1.40 bits per heavy atom. The maximum Gasteiger partial charge on any atom is 0.0155 e. The van der Waals surface area contributed by atoms with Gasteiger partial charge in [0, 0.05) is 23.7 Å². The molecule has 90 valence electrons. The molecule has 1 aliphatic rings. The summed E-state index contributed by atoms with van der Waals surface area (Å²) in [6, 6.07) is 0.705. The van der Waals surface area contributed by atoms with Crippen LogP contribution in [0.2, 0.25) is 0 Å². The molecule has 1 saturated carbocycles. The van der Waals surface area contributed by atoms with Crippen molar-refractivity contribution in [1.29, 1.82) is 0 Å². The van der Waals surface area contributed by atoms with Crippen LogP contribution in [-0.2, 0) is 0 Å². The summed E-state index contributed by atoms with van der Waals surface area (Å²) < 4.78 is 0. The van der Waals surface area contributed by atoms with E-state index in [-0.39, 0.29) is 0 Å². The average Bonchev–Trinajstić information content (AvgIpc) is 2.67. The van der Waals surface area contributed by atoms with E-state index in [0.717, 1.165) is 0 Å². The monoisotopic (exact) mass is 293 g/mol. The minimum absolute atomic E-state index is 0.571. The van der Waals surface area contributed by atoms with Crippen LogP contribution in [0.25, 0.3) is 0 Å². The molecule has 1 nitrogen and oxygen atoms in total. The maximum absolute atomic E-state index is 3.72. The van der Waals surface area contributed by atoms with Crippen LogP contribution in [-0.4, -0.2) is 41.9 Å². The van der Waals surface area contributed by atoms with E-state index >= 15 is 0 Å². The first kappa shape index (κ1) is 13.9. The van der Waals surface area contributed by atoms with Gasteiger partial charge >= 0.3 is 0 Å². The van der Waals surface area contributed by atoms with E-state index in [2.05, 4.69) is 41.1 Å². The van der Waals surface area contributed by atoms with Crippen LogP contribution in [0.5, 0.6) is 0 Å². The third-order valence-corrected chi connectivity index (χ3v) is 5.70. The topological polar surface area (TPSA) is 3.24 Å². The normalized spacial score (nSPS) is 22.2. The van der Waals surface area contributed by atoms with Crippen molar-refractivity contribution < 1.29 is 0 Å². The summed E-state index contributed by atoms with van der Waals surface area (Å²) in [6.45, 7) is 3.60. The zero-order chi connectivity index (χ0) is 11.3. The van der Waals surface area contributed by atoms with E-state index in [9.17, 15) is 0 Å². The maximum atomic E-state index is 3.72. The Kier molecular flexibility index (Phi) is 6.01. The van der Waals surface area contributed by atoms with Crippen LogP contribution >= 0.6 is 27.7 Å². The first-order valence-electron chi connectivity index (χ1n) is 5.89. The molecule has 0 aliphatic heterocycles. The van der Waals surface area contributed by atoms with Gasteiger partial charge in [-0.3, -0.25) is 0 Å². The first-order chi connectivity index (χ1) is 7.13. The van der Waals surface area contributed by atoms with Crippen molar-refractivity contribution in [3.8, 4) is 0 Å². The highest BCUT2D eigenvalue weighted by Crippen LogP contribution is 2.40. The van der Waals surface area contributed by atoms with Crippen molar-refractivity contribution in [1.82, 2.24) is 4.90 Å². The molecule has 1 aliphatic carbocycles. The summed E-state index contributed by atoms with van der Waals surface area (Å²) in [5.74, 6) is 1.24. The molecular weight excluding hydrogens is 270 g/mol. The van der Waals surface area contributed by atoms with Gasteiger partial charge in [-0.1, -0.05) is 28.8 Å². The number of nitrogens with zero attached hydrogens (tertiary/aromatic N) is 1. The predicted molar refractivity (Wildman–Crippen MR) is 75.2 cm³/mol. The number of alkyl halides is 1. The Balaban J connectivity index is 2.43. The zero-order valence-corrected chi connectivity index (χ0v) is 12.7. The zero-order valence-electron chi connectivity index (χ0n) is 10.3. The van der Waals surface area contributed by atoms with E-state index in [0.29, 0.717) is 11.5 Å². The smallest absolute Gasteiger partial charge is 0.0155 e. The Bertz CT molecular complexity index is 180. The summed E-state index contributed by atoms with van der Waals surface area (Å²) >= 11 is 5.67. The van der Waals surface area contributed by atoms with Gasteiger partial charge in [-0.15, -0.1) is 0 Å². The number of hydrogen-bond donors (Lipinski definition) is 0. The first-order valence-corrected chi connectivity index (χ1v) is 8.40. The van der Waals surface area contributed by atoms with E-state index in [1.54, 1.807) is 0 Å². The molecule has 0 aromatic carbocycles. The molecule has 0 aromatic rings. The number of hydrogen-bond acceptors (Lipinski definition) is 2. The molecule has 1 atom stereocenters. The van der Waals surface area contributed by atoms with Gasteiger partial charge in [-0.25, -0.2) is 0 Å². The van der Waals surface area contributed by atoms with E-state index in [1.165, 1.54) is 43.3 Å². The molecule has 0 bridgehead atoms. The molecule has 1 rings (SSSR count). The fourth-order valence-electron chi connectivity index (χ4n) is 2.51. The van der Waals surface area contributed by atoms with E-state index < -0.39 is 0 Å². The summed E-state index contributed by atoms with van der Waals surface area (Å²) in [6.07, 6.45) is 7.87. The molecule has 0 amide bonds. The Morgan fingerprint density at radius 3 is 2.47 bits per heavy atom. The lowest BCUT2D eigenvalue weighted by molar-refractivity contribution is 0.173. The highest BCUT2D eigenvalue weighted by atomic mass is 79.9. The average molecular weight is 294 g/mol. The van der Waals surface area contributed by atoms with Crippen molar-refractivity contribution >= 4 is 27.7 Å². The highest BCUT2D eigenvalue weighted by Gasteiger charge is 2.34. The Morgan fingerprint density at radius 2 is 2.00 bits per heavy atom. The second-order valence-corrected chi connectivity index (χ2v) is 6.53. The van der Waals surface area contributed by atoms with Gasteiger partial charge in [-0.05, 0) is 38.5 Å². The van der Waals surface area contributed by atoms with Crippen molar-refractivity contribution in [3.05, 3.63) is 0 Å². The second kappa shape index (κ2) is 6.51. The SMILES string of the molecule is CSCC(C)N(C)CC1(CBr)CCCC1. The summed E-state index contributed by atoms with van der Waals surface area (Å²) in [7, 11) is 2.28. The third kappa shape index (κ3) is 3.94. The molecule has 0 saturated heterocycles. The molecule has 0 N–H and O–H groups in total. The summed E-state index contributed by atoms with van der Waals surface area (Å²) in [4.78, 5) is 2.54. The lowest BCUT2D eigenvalue weighted by Gasteiger charge is -2.35. The van der Waals surface area contributed by atoms with Crippen LogP contribution in [0.15, 0.2) is 0 Å². The number of halogens is 1. The van der Waals surface area contributed by atoms with Crippen LogP contribution in [0.3, 0.4) is 0 Å².